The summed E-state index contributed by atoms with van der Waals surface area (Å²) >= 11 is 0. The van der Waals surface area contributed by atoms with Crippen LogP contribution in [0.3, 0.4) is 0 Å². The predicted molar refractivity (Wildman–Crippen MR) is 17.3 cm³/mol. The van der Waals surface area contributed by atoms with Crippen LogP contribution in [0.1, 0.15) is 0 Å². The smallest absolute Gasteiger partial charge is 0 e. The quantitative estimate of drug-likeness (QED) is 0.367. The predicted octanol–water partition coefficient (Wildman–Crippen LogP) is -1.14. The molecule has 4 heavy (non-hydrogen) atoms. The summed E-state index contributed by atoms with van der Waals surface area (Å²) in [5, 5.41) is 0. The molecule has 0 aliphatic heterocycles. The van der Waals surface area contributed by atoms with E-state index < -0.39 is 0 Å². The van der Waals surface area contributed by atoms with Crippen LogP contribution in [0, 0.1) is 0 Å². The molecule has 0 aromatic rings. The number of rotatable bonds is 0. The maximum Gasteiger partial charge on any atom is 0 e. The third-order valence-corrected chi connectivity index (χ3v) is 0. The molecule has 0 amide bonds. The van der Waals surface area contributed by atoms with Crippen molar-refractivity contribution in [2.75, 3.05) is 0 Å². The van der Waals surface area contributed by atoms with Gasteiger partial charge >= 0.3 is 0 Å². The van der Waals surface area contributed by atoms with Crippen LogP contribution in [-0.4, -0.2) is 99.8 Å². The van der Waals surface area contributed by atoms with Crippen LogP contribution in [0.15, 0.2) is 0 Å². The van der Waals surface area contributed by atoms with Gasteiger partial charge in [-0.2, -0.15) is 0 Å². The molecule has 0 saturated carbocycles. The summed E-state index contributed by atoms with van der Waals surface area (Å²) < 4.78 is 0. The fourth-order valence-corrected chi connectivity index (χ4v) is 0. The first-order chi connectivity index (χ1) is 0. The van der Waals surface area contributed by atoms with Crippen molar-refractivity contribution >= 4 is 99.8 Å². The first kappa shape index (κ1) is 24.8. The fraction of sp³-hybridized carbons (Fsp3) is 0. The molecule has 0 fully saturated rings. The standard InChI is InChI=1S/K.Li.Na.Zn. The van der Waals surface area contributed by atoms with Crippen LogP contribution >= 0.6 is 0 Å². The van der Waals surface area contributed by atoms with E-state index in [2.05, 4.69) is 0 Å². The molecule has 0 aromatic heterocycles. The zero-order valence-corrected chi connectivity index (χ0v) is 11.8. The molecule has 5 valence electrons. The van der Waals surface area contributed by atoms with Gasteiger partial charge in [-0.3, -0.25) is 0 Å². The van der Waals surface area contributed by atoms with Crippen LogP contribution < -0.4 is 0 Å². The second kappa shape index (κ2) is 15.8. The molecule has 0 atom stereocenters. The third-order valence-electron chi connectivity index (χ3n) is 0. The normalized spacial score (nSPS) is 0. The second-order valence-corrected chi connectivity index (χ2v) is 0. The van der Waals surface area contributed by atoms with Crippen LogP contribution in [0.5, 0.6) is 0 Å². The average Bonchev–Trinajstić information content (AvgIpc) is 0. The first-order valence-corrected chi connectivity index (χ1v) is 0. The van der Waals surface area contributed by atoms with E-state index in [1.807, 2.05) is 0 Å². The third kappa shape index (κ3) is 9.29. The monoisotopic (exact) mass is 133 g/mol. The van der Waals surface area contributed by atoms with Crippen LogP contribution in [-0.2, 0) is 19.5 Å². The Kier molecular flexibility index (Phi) is 98.2. The SMILES string of the molecule is [K].[Li].[Na].[Zn]. The van der Waals surface area contributed by atoms with Crippen LogP contribution in [0.25, 0.3) is 0 Å². The van der Waals surface area contributed by atoms with Gasteiger partial charge in [0.2, 0.25) is 0 Å². The fourth-order valence-electron chi connectivity index (χ4n) is 0. The van der Waals surface area contributed by atoms with Gasteiger partial charge in [-0.25, -0.2) is 0 Å². The summed E-state index contributed by atoms with van der Waals surface area (Å²) in [5.41, 5.74) is 0. The van der Waals surface area contributed by atoms with Crippen molar-refractivity contribution in [1.29, 1.82) is 0 Å². The molecule has 0 unspecified atom stereocenters. The Morgan fingerprint density at radius 1 is 1.00 bits per heavy atom. The van der Waals surface area contributed by atoms with Crippen molar-refractivity contribution in [1.82, 2.24) is 0 Å². The first-order valence-electron chi connectivity index (χ1n) is 0. The summed E-state index contributed by atoms with van der Waals surface area (Å²) in [4.78, 5) is 0. The Balaban J connectivity index is 0. The van der Waals surface area contributed by atoms with Crippen molar-refractivity contribution in [3.05, 3.63) is 0 Å². The van der Waals surface area contributed by atoms with E-state index in [0.29, 0.717) is 0 Å². The summed E-state index contributed by atoms with van der Waals surface area (Å²) in [6.07, 6.45) is 0. The van der Waals surface area contributed by atoms with Gasteiger partial charge < -0.3 is 0 Å². The van der Waals surface area contributed by atoms with Crippen molar-refractivity contribution in [2.24, 2.45) is 0 Å². The molecule has 0 nitrogen and oxygen atoms in total. The van der Waals surface area contributed by atoms with Crippen molar-refractivity contribution in [3.8, 4) is 0 Å². The Hall–Kier alpha value is 3.86. The minimum Gasteiger partial charge on any atom is 0 e. The molecule has 0 aliphatic rings. The molecule has 0 bridgehead atoms. The average molecular weight is 134 g/mol. The Labute approximate surface area is 116 Å². The largest absolute Gasteiger partial charge is 0 e. The molecule has 0 saturated heterocycles. The summed E-state index contributed by atoms with van der Waals surface area (Å²) in [5.74, 6) is 0. The van der Waals surface area contributed by atoms with E-state index in [1.165, 1.54) is 0 Å². The molecular weight excluding hydrogens is 134 g/mol. The molecule has 0 aromatic carbocycles. The van der Waals surface area contributed by atoms with Gasteiger partial charge in [0.25, 0.3) is 0 Å². The van der Waals surface area contributed by atoms with Crippen LogP contribution in [0.4, 0.5) is 0 Å². The Morgan fingerprint density at radius 3 is 1.00 bits per heavy atom. The van der Waals surface area contributed by atoms with Gasteiger partial charge in [-0.05, 0) is 0 Å². The van der Waals surface area contributed by atoms with Crippen LogP contribution in [0.2, 0.25) is 0 Å². The molecule has 0 N–H and O–H groups in total. The molecule has 0 spiro atoms. The van der Waals surface area contributed by atoms with E-state index in [4.69, 9.17) is 0 Å². The number of hydrogen-bond donors (Lipinski definition) is 0. The molecular formula is KLiNaZn. The zero-order chi connectivity index (χ0) is 0. The van der Waals surface area contributed by atoms with Crippen molar-refractivity contribution < 1.29 is 19.5 Å². The Morgan fingerprint density at radius 2 is 1.00 bits per heavy atom. The molecule has 4 heteroatoms. The van der Waals surface area contributed by atoms with E-state index in [0.717, 1.165) is 0 Å². The Bertz CT molecular complexity index is 8.00. The molecule has 3 radical (unpaired) electrons. The zero-order valence-electron chi connectivity index (χ0n) is 3.71. The van der Waals surface area contributed by atoms with Gasteiger partial charge in [0.15, 0.2) is 0 Å². The maximum absolute atomic E-state index is 0. The van der Waals surface area contributed by atoms with E-state index in [1.54, 1.807) is 0 Å². The van der Waals surface area contributed by atoms with Gasteiger partial charge in [-0.1, -0.05) is 0 Å². The van der Waals surface area contributed by atoms with Crippen molar-refractivity contribution in [2.45, 2.75) is 0 Å². The molecule has 0 heterocycles. The van der Waals surface area contributed by atoms with E-state index in [9.17, 15) is 0 Å². The van der Waals surface area contributed by atoms with Gasteiger partial charge in [0, 0.05) is 119 Å². The van der Waals surface area contributed by atoms with E-state index in [-0.39, 0.29) is 119 Å². The van der Waals surface area contributed by atoms with Gasteiger partial charge in [0.05, 0.1) is 0 Å². The van der Waals surface area contributed by atoms with Gasteiger partial charge in [-0.15, -0.1) is 0 Å². The maximum atomic E-state index is 0. The number of hydrogen-bond acceptors (Lipinski definition) is 0. The van der Waals surface area contributed by atoms with Gasteiger partial charge in [0.1, 0.15) is 0 Å². The minimum atomic E-state index is 0. The van der Waals surface area contributed by atoms with Crippen molar-refractivity contribution in [3.63, 3.8) is 0 Å². The summed E-state index contributed by atoms with van der Waals surface area (Å²) in [6.45, 7) is 0. The summed E-state index contributed by atoms with van der Waals surface area (Å²) in [7, 11) is 0. The molecule has 0 aliphatic carbocycles. The minimum absolute atomic E-state index is 0. The molecule has 0 rings (SSSR count). The topological polar surface area (TPSA) is 0 Å². The summed E-state index contributed by atoms with van der Waals surface area (Å²) in [6, 6.07) is 0. The van der Waals surface area contributed by atoms with E-state index >= 15 is 0 Å². The second-order valence-electron chi connectivity index (χ2n) is 0.